The molecule has 2 aromatic rings. The van der Waals surface area contributed by atoms with Gasteiger partial charge in [-0.25, -0.2) is 4.79 Å². The standard InChI is InChI=1S/C19H23NO3.C5H13NO/c21-19(22)17-6-5-16-14-18(8-7-15(16)13-17)23-12-4-11-20-9-2-1-3-10-20;1-3-6-4-5-7-2/h5-8,13-14H,1-4,9-12H2,(H,21,22);6H,3-5H2,1-2H3. The molecule has 0 atom stereocenters. The number of carbonyl (C=O) groups is 1. The van der Waals surface area contributed by atoms with E-state index in [1.807, 2.05) is 24.3 Å². The molecule has 0 bridgehead atoms. The number of nitrogens with zero attached hydrogens (tertiary/aromatic N) is 1. The molecule has 1 heterocycles. The van der Waals surface area contributed by atoms with Crippen molar-refractivity contribution in [3.8, 4) is 5.75 Å². The molecule has 2 aromatic carbocycles. The van der Waals surface area contributed by atoms with Gasteiger partial charge in [0.05, 0.1) is 18.8 Å². The quantitative estimate of drug-likeness (QED) is 0.570. The van der Waals surface area contributed by atoms with E-state index in [1.165, 1.54) is 32.4 Å². The minimum absolute atomic E-state index is 0.313. The summed E-state index contributed by atoms with van der Waals surface area (Å²) in [6.07, 6.45) is 5.05. The van der Waals surface area contributed by atoms with Gasteiger partial charge in [-0.2, -0.15) is 0 Å². The lowest BCUT2D eigenvalue weighted by Crippen LogP contribution is -2.31. The van der Waals surface area contributed by atoms with Crippen LogP contribution < -0.4 is 10.1 Å². The van der Waals surface area contributed by atoms with Gasteiger partial charge in [-0.15, -0.1) is 0 Å². The average molecular weight is 417 g/mol. The smallest absolute Gasteiger partial charge is 0.335 e. The van der Waals surface area contributed by atoms with Crippen LogP contribution in [0.3, 0.4) is 0 Å². The monoisotopic (exact) mass is 416 g/mol. The van der Waals surface area contributed by atoms with Crippen LogP contribution in [0.15, 0.2) is 36.4 Å². The van der Waals surface area contributed by atoms with Crippen molar-refractivity contribution in [3.63, 3.8) is 0 Å². The minimum atomic E-state index is -0.898. The largest absolute Gasteiger partial charge is 0.494 e. The molecule has 30 heavy (non-hydrogen) atoms. The molecule has 6 nitrogen and oxygen atoms in total. The molecule has 3 rings (SSSR count). The summed E-state index contributed by atoms with van der Waals surface area (Å²) in [4.78, 5) is 13.5. The maximum atomic E-state index is 11.0. The van der Waals surface area contributed by atoms with E-state index < -0.39 is 5.97 Å². The van der Waals surface area contributed by atoms with Crippen molar-refractivity contribution >= 4 is 16.7 Å². The van der Waals surface area contributed by atoms with E-state index in [4.69, 9.17) is 14.6 Å². The Morgan fingerprint density at radius 3 is 2.50 bits per heavy atom. The number of ether oxygens (including phenoxy) is 2. The Hall–Kier alpha value is -2.15. The molecule has 166 valence electrons. The maximum Gasteiger partial charge on any atom is 0.335 e. The van der Waals surface area contributed by atoms with Crippen LogP contribution in [0.5, 0.6) is 5.75 Å². The zero-order valence-corrected chi connectivity index (χ0v) is 18.4. The fraction of sp³-hybridized carbons (Fsp3) is 0.542. The van der Waals surface area contributed by atoms with Crippen LogP contribution in [0.2, 0.25) is 0 Å². The molecular formula is C24H36N2O4. The van der Waals surface area contributed by atoms with Crippen molar-refractivity contribution in [3.05, 3.63) is 42.0 Å². The highest BCUT2D eigenvalue weighted by molar-refractivity contribution is 5.94. The summed E-state index contributed by atoms with van der Waals surface area (Å²) in [6.45, 7) is 9.16. The number of likely N-dealkylation sites (tertiary alicyclic amines) is 1. The topological polar surface area (TPSA) is 71.0 Å². The highest BCUT2D eigenvalue weighted by atomic mass is 16.5. The summed E-state index contributed by atoms with van der Waals surface area (Å²) in [5.74, 6) is -0.0517. The number of hydrogen-bond acceptors (Lipinski definition) is 5. The highest BCUT2D eigenvalue weighted by Crippen LogP contribution is 2.22. The minimum Gasteiger partial charge on any atom is -0.494 e. The normalized spacial score (nSPS) is 14.2. The van der Waals surface area contributed by atoms with Gasteiger partial charge in [-0.05, 0) is 73.9 Å². The van der Waals surface area contributed by atoms with Gasteiger partial charge < -0.3 is 24.8 Å². The molecule has 0 spiro atoms. The second-order valence-corrected chi connectivity index (χ2v) is 7.48. The highest BCUT2D eigenvalue weighted by Gasteiger charge is 2.09. The summed E-state index contributed by atoms with van der Waals surface area (Å²) in [6, 6.07) is 11.0. The van der Waals surface area contributed by atoms with Gasteiger partial charge in [0.2, 0.25) is 0 Å². The van der Waals surface area contributed by atoms with E-state index in [0.717, 1.165) is 55.8 Å². The fourth-order valence-corrected chi connectivity index (χ4v) is 3.46. The molecule has 0 saturated carbocycles. The summed E-state index contributed by atoms with van der Waals surface area (Å²) < 4.78 is 10.6. The number of methoxy groups -OCH3 is 1. The van der Waals surface area contributed by atoms with Crippen LogP contribution >= 0.6 is 0 Å². The van der Waals surface area contributed by atoms with E-state index >= 15 is 0 Å². The molecule has 0 unspecified atom stereocenters. The Balaban J connectivity index is 0.000000396. The Morgan fingerprint density at radius 1 is 1.07 bits per heavy atom. The molecular weight excluding hydrogens is 380 g/mol. The molecule has 0 aromatic heterocycles. The molecule has 1 aliphatic rings. The van der Waals surface area contributed by atoms with E-state index in [2.05, 4.69) is 17.1 Å². The second-order valence-electron chi connectivity index (χ2n) is 7.48. The molecule has 1 fully saturated rings. The van der Waals surface area contributed by atoms with Crippen LogP contribution in [0, 0.1) is 0 Å². The first-order valence-electron chi connectivity index (χ1n) is 11.0. The van der Waals surface area contributed by atoms with Crippen molar-refractivity contribution in [1.29, 1.82) is 0 Å². The lowest BCUT2D eigenvalue weighted by Gasteiger charge is -2.26. The van der Waals surface area contributed by atoms with Gasteiger partial charge in [0, 0.05) is 20.2 Å². The van der Waals surface area contributed by atoms with Gasteiger partial charge >= 0.3 is 5.97 Å². The Kier molecular flexibility index (Phi) is 11.2. The van der Waals surface area contributed by atoms with Crippen molar-refractivity contribution < 1.29 is 19.4 Å². The fourth-order valence-electron chi connectivity index (χ4n) is 3.46. The molecule has 0 radical (unpaired) electrons. The number of likely N-dealkylation sites (N-methyl/N-ethyl adjacent to an activating group) is 1. The number of fused-ring (bicyclic) bond motifs is 1. The maximum absolute atomic E-state index is 11.0. The van der Waals surface area contributed by atoms with E-state index in [-0.39, 0.29) is 0 Å². The average Bonchev–Trinajstić information content (AvgIpc) is 2.78. The van der Waals surface area contributed by atoms with Gasteiger partial charge in [-0.3, -0.25) is 0 Å². The SMILES string of the molecule is CCNCCOC.O=C(O)c1ccc2cc(OCCCN3CCCCC3)ccc2c1. The first kappa shape index (κ1) is 24.1. The molecule has 0 amide bonds. The zero-order chi connectivity index (χ0) is 21.6. The lowest BCUT2D eigenvalue weighted by atomic mass is 10.1. The van der Waals surface area contributed by atoms with Gasteiger partial charge in [0.15, 0.2) is 0 Å². The summed E-state index contributed by atoms with van der Waals surface area (Å²) >= 11 is 0. The number of carboxylic acids is 1. The molecule has 0 aliphatic carbocycles. The Labute approximate surface area is 180 Å². The molecule has 6 heteroatoms. The molecule has 1 aliphatic heterocycles. The van der Waals surface area contributed by atoms with Crippen LogP contribution in [0.4, 0.5) is 0 Å². The number of carboxylic acid groups (broad SMARTS) is 1. The van der Waals surface area contributed by atoms with E-state index in [1.54, 1.807) is 19.2 Å². The van der Waals surface area contributed by atoms with Crippen molar-refractivity contribution in [2.24, 2.45) is 0 Å². The summed E-state index contributed by atoms with van der Waals surface area (Å²) in [5.41, 5.74) is 0.313. The first-order chi connectivity index (χ1) is 14.6. The van der Waals surface area contributed by atoms with E-state index in [9.17, 15) is 4.79 Å². The zero-order valence-electron chi connectivity index (χ0n) is 18.4. The number of rotatable bonds is 10. The number of hydrogen-bond donors (Lipinski definition) is 2. The van der Waals surface area contributed by atoms with Crippen molar-refractivity contribution in [2.75, 3.05) is 53.0 Å². The van der Waals surface area contributed by atoms with Crippen LogP contribution in [0.1, 0.15) is 43.0 Å². The second kappa shape index (κ2) is 14.0. The number of nitrogens with one attached hydrogen (secondary N) is 1. The van der Waals surface area contributed by atoms with Gasteiger partial charge in [0.1, 0.15) is 5.75 Å². The van der Waals surface area contributed by atoms with Crippen LogP contribution in [-0.4, -0.2) is 69.0 Å². The Morgan fingerprint density at radius 2 is 1.80 bits per heavy atom. The van der Waals surface area contributed by atoms with Gasteiger partial charge in [-0.1, -0.05) is 25.5 Å². The number of aromatic carboxylic acids is 1. The predicted octanol–water partition coefficient (Wildman–Crippen LogP) is 4.04. The van der Waals surface area contributed by atoms with Gasteiger partial charge in [0.25, 0.3) is 0 Å². The van der Waals surface area contributed by atoms with Crippen molar-refractivity contribution in [2.45, 2.75) is 32.6 Å². The third kappa shape index (κ3) is 8.69. The Bertz CT molecular complexity index is 756. The lowest BCUT2D eigenvalue weighted by molar-refractivity contribution is 0.0697. The number of benzene rings is 2. The third-order valence-corrected chi connectivity index (χ3v) is 5.13. The van der Waals surface area contributed by atoms with Crippen LogP contribution in [-0.2, 0) is 4.74 Å². The predicted molar refractivity (Wildman–Crippen MR) is 122 cm³/mol. The molecule has 2 N–H and O–H groups in total. The van der Waals surface area contributed by atoms with Crippen LogP contribution in [0.25, 0.3) is 10.8 Å². The number of piperidine rings is 1. The first-order valence-corrected chi connectivity index (χ1v) is 11.0. The molecule has 1 saturated heterocycles. The third-order valence-electron chi connectivity index (χ3n) is 5.13. The summed E-state index contributed by atoms with van der Waals surface area (Å²) in [7, 11) is 1.71. The van der Waals surface area contributed by atoms with Crippen molar-refractivity contribution in [1.82, 2.24) is 10.2 Å². The van der Waals surface area contributed by atoms with E-state index in [0.29, 0.717) is 5.56 Å². The summed E-state index contributed by atoms with van der Waals surface area (Å²) in [5, 5.41) is 14.1.